The van der Waals surface area contributed by atoms with Crippen LogP contribution in [-0.4, -0.2) is 0 Å². The van der Waals surface area contributed by atoms with Crippen molar-refractivity contribution in [3.8, 4) is 0 Å². The molecule has 0 unspecified atom stereocenters. The van der Waals surface area contributed by atoms with Crippen LogP contribution in [0.25, 0.3) is 0 Å². The van der Waals surface area contributed by atoms with Gasteiger partial charge in [0.1, 0.15) is 0 Å². The smallest absolute Gasteiger partial charge is 0 e. The van der Waals surface area contributed by atoms with Crippen LogP contribution in [0, 0.1) is 0 Å². The first kappa shape index (κ1) is 9.10. The predicted octanol–water partition coefficient (Wildman–Crippen LogP) is 2.67. The van der Waals surface area contributed by atoms with Gasteiger partial charge in [-0.25, -0.2) is 0 Å². The van der Waals surface area contributed by atoms with Gasteiger partial charge in [0.05, 0.1) is 0 Å². The van der Waals surface area contributed by atoms with Crippen molar-refractivity contribution in [2.45, 2.75) is 25.7 Å². The molecule has 0 atom stereocenters. The fourth-order valence-corrected chi connectivity index (χ4v) is 0.856. The van der Waals surface area contributed by atoms with Crippen LogP contribution in [0.4, 0.5) is 0 Å². The molecule has 0 amide bonds. The van der Waals surface area contributed by atoms with Gasteiger partial charge in [-0.3, -0.25) is 0 Å². The van der Waals surface area contributed by atoms with Crippen LogP contribution >= 0.6 is 0 Å². The molecule has 0 aromatic heterocycles. The second-order valence-corrected chi connectivity index (χ2v) is 2.10. The zero-order chi connectivity index (χ0) is 5.66. The van der Waals surface area contributed by atoms with Crippen molar-refractivity contribution in [1.29, 1.82) is 0 Å². The second kappa shape index (κ2) is 6.23. The minimum atomic E-state index is 0. The zero-order valence-electron chi connectivity index (χ0n) is 5.49. The average Bonchev–Trinajstić information content (AvgIpc) is 1.62. The van der Waals surface area contributed by atoms with Gasteiger partial charge in [-0.15, -0.1) is 0 Å². The molecule has 0 aromatic carbocycles. The monoisotopic (exact) mass is 210 g/mol. The van der Waals surface area contributed by atoms with Gasteiger partial charge in [-0.05, 0) is 25.7 Å². The van der Waals surface area contributed by atoms with Crippen LogP contribution in [0.1, 0.15) is 25.7 Å². The van der Waals surface area contributed by atoms with E-state index < -0.39 is 0 Å². The Morgan fingerprint density at radius 1 is 0.556 bits per heavy atom. The summed E-state index contributed by atoms with van der Waals surface area (Å²) in [5, 5.41) is 0. The van der Waals surface area contributed by atoms with Crippen molar-refractivity contribution in [2.75, 3.05) is 0 Å². The summed E-state index contributed by atoms with van der Waals surface area (Å²) >= 11 is 0. The molecular weight excluding hydrogens is 197 g/mol. The van der Waals surface area contributed by atoms with Crippen molar-refractivity contribution < 1.29 is 19.5 Å². The summed E-state index contributed by atoms with van der Waals surface area (Å²) in [5.41, 5.74) is 0. The Balaban J connectivity index is 0.000000640. The van der Waals surface area contributed by atoms with E-state index in [-0.39, 0.29) is 19.5 Å². The molecule has 0 saturated heterocycles. The summed E-state index contributed by atoms with van der Waals surface area (Å²) in [6.07, 6.45) is 14.0. The van der Waals surface area contributed by atoms with E-state index in [1.807, 2.05) is 0 Å². The molecule has 0 radical (unpaired) electrons. The molecule has 0 spiro atoms. The topological polar surface area (TPSA) is 0 Å². The molecule has 1 rings (SSSR count). The van der Waals surface area contributed by atoms with E-state index in [2.05, 4.69) is 24.3 Å². The summed E-state index contributed by atoms with van der Waals surface area (Å²) < 4.78 is 0. The SMILES string of the molecule is C1=CCCC=CCC1.[Ru]. The van der Waals surface area contributed by atoms with Gasteiger partial charge >= 0.3 is 0 Å². The summed E-state index contributed by atoms with van der Waals surface area (Å²) in [6, 6.07) is 0. The number of allylic oxidation sites excluding steroid dienone is 4. The first-order valence-electron chi connectivity index (χ1n) is 3.30. The van der Waals surface area contributed by atoms with Crippen molar-refractivity contribution in [3.05, 3.63) is 24.3 Å². The zero-order valence-corrected chi connectivity index (χ0v) is 7.23. The molecule has 0 bridgehead atoms. The molecule has 0 saturated carbocycles. The normalized spacial score (nSPS) is 17.8. The third kappa shape index (κ3) is 4.60. The molecule has 9 heavy (non-hydrogen) atoms. The summed E-state index contributed by atoms with van der Waals surface area (Å²) in [7, 11) is 0. The Labute approximate surface area is 69.8 Å². The Hall–Kier alpha value is 0.103. The minimum absolute atomic E-state index is 0. The van der Waals surface area contributed by atoms with Crippen molar-refractivity contribution in [3.63, 3.8) is 0 Å². The van der Waals surface area contributed by atoms with Gasteiger partial charge < -0.3 is 0 Å². The quantitative estimate of drug-likeness (QED) is 0.425. The Kier molecular flexibility index (Phi) is 6.30. The Morgan fingerprint density at radius 3 is 1.00 bits per heavy atom. The maximum Gasteiger partial charge on any atom is 0 e. The molecule has 1 aliphatic carbocycles. The van der Waals surface area contributed by atoms with Crippen molar-refractivity contribution in [1.82, 2.24) is 0 Å². The van der Waals surface area contributed by atoms with E-state index in [1.165, 1.54) is 25.7 Å². The fraction of sp³-hybridized carbons (Fsp3) is 0.500. The van der Waals surface area contributed by atoms with E-state index in [1.54, 1.807) is 0 Å². The molecule has 52 valence electrons. The predicted molar refractivity (Wildman–Crippen MR) is 36.7 cm³/mol. The van der Waals surface area contributed by atoms with E-state index in [0.29, 0.717) is 0 Å². The van der Waals surface area contributed by atoms with Crippen LogP contribution < -0.4 is 0 Å². The first-order chi connectivity index (χ1) is 4.00. The molecule has 0 N–H and O–H groups in total. The van der Waals surface area contributed by atoms with Crippen LogP contribution in [0.5, 0.6) is 0 Å². The van der Waals surface area contributed by atoms with Gasteiger partial charge in [-0.1, -0.05) is 24.3 Å². The molecular formula is C8H12Ru. The Morgan fingerprint density at radius 2 is 0.778 bits per heavy atom. The molecule has 1 heteroatoms. The standard InChI is InChI=1S/C8H12.Ru/c1-2-4-6-8-7-5-3-1;/h1-2,7-8H,3-6H2;. The summed E-state index contributed by atoms with van der Waals surface area (Å²) in [6.45, 7) is 0. The van der Waals surface area contributed by atoms with Gasteiger partial charge in [0, 0.05) is 19.5 Å². The second-order valence-electron chi connectivity index (χ2n) is 2.10. The summed E-state index contributed by atoms with van der Waals surface area (Å²) in [5.74, 6) is 0. The van der Waals surface area contributed by atoms with Crippen LogP contribution in [0.2, 0.25) is 0 Å². The van der Waals surface area contributed by atoms with Gasteiger partial charge in [0.2, 0.25) is 0 Å². The summed E-state index contributed by atoms with van der Waals surface area (Å²) in [4.78, 5) is 0. The van der Waals surface area contributed by atoms with Crippen LogP contribution in [-0.2, 0) is 19.5 Å². The molecule has 0 nitrogen and oxygen atoms in total. The molecule has 0 fully saturated rings. The van der Waals surface area contributed by atoms with Gasteiger partial charge in [0.25, 0.3) is 0 Å². The van der Waals surface area contributed by atoms with E-state index in [9.17, 15) is 0 Å². The molecule has 0 heterocycles. The molecule has 0 aliphatic heterocycles. The first-order valence-corrected chi connectivity index (χ1v) is 3.30. The van der Waals surface area contributed by atoms with Crippen molar-refractivity contribution >= 4 is 0 Å². The van der Waals surface area contributed by atoms with Crippen LogP contribution in [0.3, 0.4) is 0 Å². The van der Waals surface area contributed by atoms with E-state index >= 15 is 0 Å². The van der Waals surface area contributed by atoms with Gasteiger partial charge in [-0.2, -0.15) is 0 Å². The average molecular weight is 209 g/mol. The Bertz CT molecular complexity index is 77.1. The fourth-order valence-electron chi connectivity index (χ4n) is 0.856. The largest absolute Gasteiger partial charge is 0.0882 e. The maximum atomic E-state index is 2.27. The van der Waals surface area contributed by atoms with Crippen molar-refractivity contribution in [2.24, 2.45) is 0 Å². The van der Waals surface area contributed by atoms with Gasteiger partial charge in [0.15, 0.2) is 0 Å². The van der Waals surface area contributed by atoms with E-state index in [0.717, 1.165) is 0 Å². The molecule has 1 aliphatic rings. The van der Waals surface area contributed by atoms with E-state index in [4.69, 9.17) is 0 Å². The number of hydrogen-bond donors (Lipinski definition) is 0. The maximum absolute atomic E-state index is 2.27. The minimum Gasteiger partial charge on any atom is -0.0882 e. The van der Waals surface area contributed by atoms with Crippen LogP contribution in [0.15, 0.2) is 24.3 Å². The number of hydrogen-bond acceptors (Lipinski definition) is 0. The number of rotatable bonds is 0. The third-order valence-corrected chi connectivity index (χ3v) is 1.33. The third-order valence-electron chi connectivity index (χ3n) is 1.33. The molecule has 0 aromatic rings.